The Kier molecular flexibility index (Phi) is 1.89. The molecule has 0 unspecified atom stereocenters. The van der Waals surface area contributed by atoms with E-state index in [2.05, 4.69) is 12.6 Å². The highest BCUT2D eigenvalue weighted by Gasteiger charge is 2.21. The lowest BCUT2D eigenvalue weighted by Gasteiger charge is -2.01. The van der Waals surface area contributed by atoms with Crippen LogP contribution in [0.4, 0.5) is 0 Å². The Bertz CT molecular complexity index is 58.7. The summed E-state index contributed by atoms with van der Waals surface area (Å²) in [6.07, 6.45) is -0.159. The van der Waals surface area contributed by atoms with E-state index in [-0.39, 0.29) is 11.4 Å². The first kappa shape index (κ1) is 5.79. The highest BCUT2D eigenvalue weighted by atomic mass is 32.2. The zero-order valence-electron chi connectivity index (χ0n) is 3.87. The van der Waals surface area contributed by atoms with E-state index >= 15 is 0 Å². The molecule has 2 atom stereocenters. The number of rotatable bonds is 0. The quantitative estimate of drug-likeness (QED) is 0.470. The van der Waals surface area contributed by atoms with E-state index < -0.39 is 0 Å². The van der Waals surface area contributed by atoms with E-state index in [0.717, 1.165) is 11.5 Å². The third-order valence-electron chi connectivity index (χ3n) is 1.02. The van der Waals surface area contributed by atoms with Gasteiger partial charge in [0.25, 0.3) is 0 Å². The SMILES string of the molecule is O[C@H]1CSC[C@@H]1S. The average Bonchev–Trinajstić information content (AvgIpc) is 1.91. The summed E-state index contributed by atoms with van der Waals surface area (Å²) in [5.74, 6) is 1.87. The zero-order chi connectivity index (χ0) is 5.28. The fourth-order valence-electron chi connectivity index (χ4n) is 0.532. The smallest absolute Gasteiger partial charge is 0.0754 e. The third kappa shape index (κ3) is 1.27. The Labute approximate surface area is 52.9 Å². The predicted molar refractivity (Wildman–Crippen MR) is 36.1 cm³/mol. The van der Waals surface area contributed by atoms with Crippen LogP contribution in [0.3, 0.4) is 0 Å². The van der Waals surface area contributed by atoms with E-state index in [1.165, 1.54) is 0 Å². The van der Waals surface area contributed by atoms with Crippen molar-refractivity contribution in [2.24, 2.45) is 0 Å². The molecular formula is C4H8OS2. The molecule has 1 saturated heterocycles. The molecule has 1 aliphatic rings. The van der Waals surface area contributed by atoms with Gasteiger partial charge in [-0.25, -0.2) is 0 Å². The predicted octanol–water partition coefficient (Wildman–Crippen LogP) is 0.393. The van der Waals surface area contributed by atoms with Crippen LogP contribution in [0.2, 0.25) is 0 Å². The number of thiol groups is 1. The number of thioether (sulfide) groups is 1. The molecule has 1 nitrogen and oxygen atoms in total. The highest BCUT2D eigenvalue weighted by Crippen LogP contribution is 2.21. The minimum Gasteiger partial charge on any atom is -0.391 e. The summed E-state index contributed by atoms with van der Waals surface area (Å²) >= 11 is 5.88. The normalized spacial score (nSPS) is 42.0. The van der Waals surface area contributed by atoms with E-state index in [1.54, 1.807) is 11.8 Å². The molecule has 1 fully saturated rings. The molecule has 0 amide bonds. The fraction of sp³-hybridized carbons (Fsp3) is 1.00. The van der Waals surface area contributed by atoms with Crippen LogP contribution in [-0.4, -0.2) is 28.0 Å². The minimum absolute atomic E-state index is 0.159. The van der Waals surface area contributed by atoms with Crippen molar-refractivity contribution < 1.29 is 5.11 Å². The van der Waals surface area contributed by atoms with Gasteiger partial charge in [0, 0.05) is 16.8 Å². The van der Waals surface area contributed by atoms with Crippen LogP contribution >= 0.6 is 24.4 Å². The van der Waals surface area contributed by atoms with Gasteiger partial charge in [0.05, 0.1) is 6.10 Å². The second-order valence-electron chi connectivity index (χ2n) is 1.67. The second-order valence-corrected chi connectivity index (χ2v) is 3.41. The molecule has 0 aromatic rings. The molecule has 0 aromatic heterocycles. The van der Waals surface area contributed by atoms with Gasteiger partial charge in [-0.05, 0) is 0 Å². The van der Waals surface area contributed by atoms with Gasteiger partial charge in [-0.1, -0.05) is 0 Å². The number of hydrogen-bond donors (Lipinski definition) is 2. The molecule has 0 spiro atoms. The Morgan fingerprint density at radius 2 is 2.29 bits per heavy atom. The van der Waals surface area contributed by atoms with Gasteiger partial charge in [-0.2, -0.15) is 24.4 Å². The van der Waals surface area contributed by atoms with E-state index in [9.17, 15) is 0 Å². The van der Waals surface area contributed by atoms with Crippen LogP contribution in [0, 0.1) is 0 Å². The van der Waals surface area contributed by atoms with Gasteiger partial charge in [-0.3, -0.25) is 0 Å². The van der Waals surface area contributed by atoms with Crippen molar-refractivity contribution in [2.75, 3.05) is 11.5 Å². The van der Waals surface area contributed by atoms with Crippen molar-refractivity contribution in [1.29, 1.82) is 0 Å². The standard InChI is InChI=1S/C4H8OS2/c5-3-1-7-2-4(3)6/h3-6H,1-2H2/t3-,4-/m0/s1. The Hall–Kier alpha value is 0.660. The Balaban J connectivity index is 2.33. The van der Waals surface area contributed by atoms with Crippen molar-refractivity contribution in [3.63, 3.8) is 0 Å². The topological polar surface area (TPSA) is 20.2 Å². The summed E-state index contributed by atoms with van der Waals surface area (Å²) in [7, 11) is 0. The zero-order valence-corrected chi connectivity index (χ0v) is 5.58. The van der Waals surface area contributed by atoms with Gasteiger partial charge in [0.15, 0.2) is 0 Å². The molecule has 0 aliphatic carbocycles. The number of aliphatic hydroxyl groups excluding tert-OH is 1. The molecule has 42 valence electrons. The van der Waals surface area contributed by atoms with Crippen molar-refractivity contribution >= 4 is 24.4 Å². The number of aliphatic hydroxyl groups is 1. The molecule has 1 aliphatic heterocycles. The van der Waals surface area contributed by atoms with Gasteiger partial charge < -0.3 is 5.11 Å². The largest absolute Gasteiger partial charge is 0.391 e. The van der Waals surface area contributed by atoms with Crippen molar-refractivity contribution in [3.05, 3.63) is 0 Å². The molecule has 0 radical (unpaired) electrons. The molecule has 1 heterocycles. The van der Waals surface area contributed by atoms with Crippen molar-refractivity contribution in [3.8, 4) is 0 Å². The summed E-state index contributed by atoms with van der Waals surface area (Å²) in [4.78, 5) is 0. The first-order valence-corrected chi connectivity index (χ1v) is 3.91. The van der Waals surface area contributed by atoms with Gasteiger partial charge in [0.1, 0.15) is 0 Å². The van der Waals surface area contributed by atoms with Gasteiger partial charge in [0.2, 0.25) is 0 Å². The summed E-state index contributed by atoms with van der Waals surface area (Å²) in [6.45, 7) is 0. The van der Waals surface area contributed by atoms with E-state index in [1.807, 2.05) is 0 Å². The van der Waals surface area contributed by atoms with Crippen LogP contribution < -0.4 is 0 Å². The third-order valence-corrected chi connectivity index (χ3v) is 2.97. The van der Waals surface area contributed by atoms with E-state index in [4.69, 9.17) is 5.11 Å². The average molecular weight is 136 g/mol. The number of hydrogen-bond acceptors (Lipinski definition) is 3. The first-order chi connectivity index (χ1) is 3.30. The van der Waals surface area contributed by atoms with Gasteiger partial charge >= 0.3 is 0 Å². The lowest BCUT2D eigenvalue weighted by atomic mass is 10.3. The summed E-state index contributed by atoms with van der Waals surface area (Å²) in [6, 6.07) is 0. The fourth-order valence-corrected chi connectivity index (χ4v) is 2.17. The van der Waals surface area contributed by atoms with Crippen LogP contribution in [0.5, 0.6) is 0 Å². The molecule has 0 aromatic carbocycles. The summed E-state index contributed by atoms with van der Waals surface area (Å²) in [5.41, 5.74) is 0. The maximum Gasteiger partial charge on any atom is 0.0754 e. The van der Waals surface area contributed by atoms with Crippen LogP contribution in [-0.2, 0) is 0 Å². The molecule has 1 N–H and O–H groups in total. The Morgan fingerprint density at radius 3 is 2.43 bits per heavy atom. The van der Waals surface area contributed by atoms with Crippen LogP contribution in [0.25, 0.3) is 0 Å². The van der Waals surface area contributed by atoms with Crippen LogP contribution in [0.1, 0.15) is 0 Å². The Morgan fingerprint density at radius 1 is 1.57 bits per heavy atom. The monoisotopic (exact) mass is 136 g/mol. The molecular weight excluding hydrogens is 128 g/mol. The van der Waals surface area contributed by atoms with Gasteiger partial charge in [-0.15, -0.1) is 0 Å². The summed E-state index contributed by atoms with van der Waals surface area (Å²) in [5, 5.41) is 9.13. The molecule has 0 bridgehead atoms. The minimum atomic E-state index is -0.159. The molecule has 7 heavy (non-hydrogen) atoms. The van der Waals surface area contributed by atoms with Crippen molar-refractivity contribution in [2.45, 2.75) is 11.4 Å². The molecule has 1 rings (SSSR count). The van der Waals surface area contributed by atoms with E-state index in [0.29, 0.717) is 0 Å². The lowest BCUT2D eigenvalue weighted by Crippen LogP contribution is -2.16. The highest BCUT2D eigenvalue weighted by molar-refractivity contribution is 8.00. The molecule has 0 saturated carbocycles. The molecule has 3 heteroatoms. The second kappa shape index (κ2) is 2.29. The van der Waals surface area contributed by atoms with Crippen LogP contribution in [0.15, 0.2) is 0 Å². The first-order valence-electron chi connectivity index (χ1n) is 2.24. The maximum atomic E-state index is 8.90. The lowest BCUT2D eigenvalue weighted by molar-refractivity contribution is 0.208. The summed E-state index contributed by atoms with van der Waals surface area (Å²) < 4.78 is 0. The van der Waals surface area contributed by atoms with Crippen molar-refractivity contribution in [1.82, 2.24) is 0 Å². The maximum absolute atomic E-state index is 8.90.